The summed E-state index contributed by atoms with van der Waals surface area (Å²) in [7, 11) is 0. The number of allylic oxidation sites excluding steroid dienone is 3. The van der Waals surface area contributed by atoms with E-state index in [9.17, 15) is 0 Å². The van der Waals surface area contributed by atoms with Crippen LogP contribution in [-0.4, -0.2) is 17.9 Å². The Morgan fingerprint density at radius 1 is 1.17 bits per heavy atom. The van der Waals surface area contributed by atoms with Crippen molar-refractivity contribution in [2.75, 3.05) is 0 Å². The average Bonchev–Trinajstić information content (AvgIpc) is 2.85. The Kier molecular flexibility index (Phi) is 5.08. The van der Waals surface area contributed by atoms with Crippen LogP contribution in [0.15, 0.2) is 40.4 Å². The van der Waals surface area contributed by atoms with E-state index in [1.165, 1.54) is 56.1 Å². The molecule has 1 heterocycles. The fraction of sp³-hybridized carbons (Fsp3) is 0.667. The van der Waals surface area contributed by atoms with E-state index in [1.54, 1.807) is 0 Å². The van der Waals surface area contributed by atoms with Crippen molar-refractivity contribution in [2.24, 2.45) is 10.4 Å². The first kappa shape index (κ1) is 16.5. The third-order valence-electron chi connectivity index (χ3n) is 5.49. The topological polar surface area (TPSA) is 24.4 Å². The number of nitrogens with zero attached hydrogens (tertiary/aromatic N) is 1. The molecule has 1 N–H and O–H groups in total. The van der Waals surface area contributed by atoms with Gasteiger partial charge in [-0.2, -0.15) is 0 Å². The van der Waals surface area contributed by atoms with E-state index in [-0.39, 0.29) is 6.04 Å². The molecule has 0 aromatic rings. The van der Waals surface area contributed by atoms with E-state index in [0.29, 0.717) is 11.5 Å². The van der Waals surface area contributed by atoms with Crippen LogP contribution in [-0.2, 0) is 0 Å². The normalized spacial score (nSPS) is 32.1. The molecule has 0 bridgehead atoms. The summed E-state index contributed by atoms with van der Waals surface area (Å²) in [4.78, 5) is 4.89. The van der Waals surface area contributed by atoms with Gasteiger partial charge in [-0.05, 0) is 61.7 Å². The van der Waals surface area contributed by atoms with Crippen molar-refractivity contribution < 1.29 is 0 Å². The zero-order valence-corrected chi connectivity index (χ0v) is 15.1. The summed E-state index contributed by atoms with van der Waals surface area (Å²) in [6.07, 6.45) is 19.5. The quantitative estimate of drug-likeness (QED) is 0.732. The summed E-state index contributed by atoms with van der Waals surface area (Å²) in [5, 5.41) is 3.69. The Bertz CT molecular complexity index is 542. The van der Waals surface area contributed by atoms with E-state index in [2.05, 4.69) is 50.4 Å². The molecule has 0 amide bonds. The largest absolute Gasteiger partial charge is 0.368 e. The van der Waals surface area contributed by atoms with Gasteiger partial charge in [0, 0.05) is 6.04 Å². The minimum absolute atomic E-state index is 0.288. The molecule has 1 aliphatic heterocycles. The zero-order valence-electron chi connectivity index (χ0n) is 15.1. The zero-order chi connectivity index (χ0) is 16.3. The summed E-state index contributed by atoms with van der Waals surface area (Å²) in [6.45, 7) is 7.02. The summed E-state index contributed by atoms with van der Waals surface area (Å²) in [6, 6.07) is 0.920. The maximum atomic E-state index is 4.89. The Morgan fingerprint density at radius 3 is 2.74 bits per heavy atom. The van der Waals surface area contributed by atoms with Gasteiger partial charge in [-0.3, -0.25) is 4.99 Å². The minimum atomic E-state index is 0.288. The molecule has 126 valence electrons. The van der Waals surface area contributed by atoms with E-state index < -0.39 is 0 Å². The predicted octanol–water partition coefficient (Wildman–Crippen LogP) is 5.33. The molecule has 2 aliphatic carbocycles. The van der Waals surface area contributed by atoms with Crippen molar-refractivity contribution in [3.05, 3.63) is 35.5 Å². The molecule has 3 aliphatic rings. The fourth-order valence-electron chi connectivity index (χ4n) is 4.09. The van der Waals surface area contributed by atoms with Gasteiger partial charge in [0.1, 0.15) is 5.84 Å². The summed E-state index contributed by atoms with van der Waals surface area (Å²) >= 11 is 0. The van der Waals surface area contributed by atoms with Crippen molar-refractivity contribution in [3.63, 3.8) is 0 Å². The molecule has 2 nitrogen and oxygen atoms in total. The van der Waals surface area contributed by atoms with Gasteiger partial charge in [-0.15, -0.1) is 0 Å². The standard InChI is InChI=1S/C21H32N2/c1-16-19(17-10-6-5-9-13-21(2,3)15-17)14-20(22-16)23-18-11-7-4-8-12-18/h5-6,10,14,16,18H,4,7-9,11-13,15H2,1-3H3,(H,22,23)/b6-5-,17-10+. The highest BCUT2D eigenvalue weighted by molar-refractivity contribution is 5.97. The van der Waals surface area contributed by atoms with Crippen molar-refractivity contribution in [3.8, 4) is 0 Å². The number of aliphatic imine (C=N–C) groups is 1. The van der Waals surface area contributed by atoms with Crippen molar-refractivity contribution >= 4 is 5.84 Å². The SMILES string of the molecule is CC1N=C(NC2CCCCC2)C=C1/C1=C/C=C\CCC(C)(C)C1. The smallest absolute Gasteiger partial charge is 0.122 e. The lowest BCUT2D eigenvalue weighted by Crippen LogP contribution is -2.34. The predicted molar refractivity (Wildman–Crippen MR) is 99.8 cm³/mol. The molecule has 3 rings (SSSR count). The third-order valence-corrected chi connectivity index (χ3v) is 5.49. The van der Waals surface area contributed by atoms with E-state index >= 15 is 0 Å². The lowest BCUT2D eigenvalue weighted by Gasteiger charge is -2.28. The van der Waals surface area contributed by atoms with Gasteiger partial charge in [0.15, 0.2) is 0 Å². The molecule has 23 heavy (non-hydrogen) atoms. The highest BCUT2D eigenvalue weighted by atomic mass is 15.0. The molecule has 1 unspecified atom stereocenters. The maximum Gasteiger partial charge on any atom is 0.122 e. The van der Waals surface area contributed by atoms with Gasteiger partial charge >= 0.3 is 0 Å². The molecule has 0 aromatic carbocycles. The second kappa shape index (κ2) is 7.07. The molecule has 0 radical (unpaired) electrons. The van der Waals surface area contributed by atoms with Gasteiger partial charge in [0.05, 0.1) is 6.04 Å². The van der Waals surface area contributed by atoms with Gasteiger partial charge in [-0.25, -0.2) is 0 Å². The maximum absolute atomic E-state index is 4.89. The van der Waals surface area contributed by atoms with Crippen LogP contribution in [0, 0.1) is 5.41 Å². The summed E-state index contributed by atoms with van der Waals surface area (Å²) < 4.78 is 0. The molecular formula is C21H32N2. The average molecular weight is 313 g/mol. The first-order chi connectivity index (χ1) is 11.0. The highest BCUT2D eigenvalue weighted by Crippen LogP contribution is 2.37. The highest BCUT2D eigenvalue weighted by Gasteiger charge is 2.26. The number of hydrogen-bond donors (Lipinski definition) is 1. The van der Waals surface area contributed by atoms with Crippen LogP contribution in [0.25, 0.3) is 0 Å². The fourth-order valence-corrected chi connectivity index (χ4v) is 4.09. The Morgan fingerprint density at radius 2 is 1.96 bits per heavy atom. The second-order valence-electron chi connectivity index (χ2n) is 8.27. The molecule has 1 saturated carbocycles. The molecule has 1 atom stereocenters. The molecule has 1 fully saturated rings. The number of amidine groups is 1. The van der Waals surface area contributed by atoms with Crippen LogP contribution in [0.3, 0.4) is 0 Å². The van der Waals surface area contributed by atoms with E-state index in [4.69, 9.17) is 4.99 Å². The first-order valence-electron chi connectivity index (χ1n) is 9.45. The van der Waals surface area contributed by atoms with Crippen molar-refractivity contribution in [1.82, 2.24) is 5.32 Å². The van der Waals surface area contributed by atoms with E-state index in [1.807, 2.05) is 0 Å². The molecular weight excluding hydrogens is 280 g/mol. The van der Waals surface area contributed by atoms with Crippen molar-refractivity contribution in [2.45, 2.75) is 84.2 Å². The van der Waals surface area contributed by atoms with Crippen LogP contribution in [0.2, 0.25) is 0 Å². The van der Waals surface area contributed by atoms with Gasteiger partial charge < -0.3 is 5.32 Å². The number of hydrogen-bond acceptors (Lipinski definition) is 2. The Balaban J connectivity index is 1.72. The van der Waals surface area contributed by atoms with Crippen molar-refractivity contribution in [1.29, 1.82) is 0 Å². The van der Waals surface area contributed by atoms with Gasteiger partial charge in [0.25, 0.3) is 0 Å². The van der Waals surface area contributed by atoms with E-state index in [0.717, 1.165) is 12.3 Å². The Hall–Kier alpha value is -1.31. The summed E-state index contributed by atoms with van der Waals surface area (Å²) in [5.74, 6) is 1.11. The van der Waals surface area contributed by atoms with Crippen LogP contribution < -0.4 is 5.32 Å². The molecule has 0 aromatic heterocycles. The second-order valence-corrected chi connectivity index (χ2v) is 8.27. The van der Waals surface area contributed by atoms with Crippen LogP contribution in [0.4, 0.5) is 0 Å². The summed E-state index contributed by atoms with van der Waals surface area (Å²) in [5.41, 5.74) is 3.27. The first-order valence-corrected chi connectivity index (χ1v) is 9.45. The molecule has 0 spiro atoms. The number of nitrogens with one attached hydrogen (secondary N) is 1. The lowest BCUT2D eigenvalue weighted by atomic mass is 9.78. The van der Waals surface area contributed by atoms with Crippen LogP contribution in [0.5, 0.6) is 0 Å². The van der Waals surface area contributed by atoms with Crippen LogP contribution >= 0.6 is 0 Å². The minimum Gasteiger partial charge on any atom is -0.368 e. The lowest BCUT2D eigenvalue weighted by molar-refractivity contribution is 0.334. The van der Waals surface area contributed by atoms with Gasteiger partial charge in [0.2, 0.25) is 0 Å². The van der Waals surface area contributed by atoms with Crippen LogP contribution in [0.1, 0.15) is 72.1 Å². The molecule has 0 saturated heterocycles. The Labute approximate surface area is 141 Å². The third kappa shape index (κ3) is 4.37. The van der Waals surface area contributed by atoms with Gasteiger partial charge in [-0.1, -0.05) is 51.3 Å². The number of rotatable bonds is 2. The molecule has 2 heteroatoms. The monoisotopic (exact) mass is 312 g/mol.